The van der Waals surface area contributed by atoms with Crippen LogP contribution >= 0.6 is 0 Å². The molecule has 3 aliphatic rings. The Morgan fingerprint density at radius 2 is 1.94 bits per heavy atom. The van der Waals surface area contributed by atoms with E-state index in [0.29, 0.717) is 18.5 Å². The lowest BCUT2D eigenvalue weighted by Gasteiger charge is -2.33. The Bertz CT molecular complexity index is 1250. The van der Waals surface area contributed by atoms with Gasteiger partial charge in [-0.3, -0.25) is 0 Å². The van der Waals surface area contributed by atoms with Crippen LogP contribution in [0.2, 0.25) is 0 Å². The summed E-state index contributed by atoms with van der Waals surface area (Å²) in [6.07, 6.45) is -4.02. The van der Waals surface area contributed by atoms with E-state index in [1.165, 1.54) is 11.3 Å². The molecule has 0 amide bonds. The number of rotatable bonds is 2. The van der Waals surface area contributed by atoms with Crippen LogP contribution < -0.4 is 15.0 Å². The van der Waals surface area contributed by atoms with Gasteiger partial charge in [-0.1, -0.05) is 6.07 Å². The van der Waals surface area contributed by atoms with E-state index in [2.05, 4.69) is 35.3 Å². The van der Waals surface area contributed by atoms with Crippen LogP contribution in [0.25, 0.3) is 11.1 Å². The maximum Gasteiger partial charge on any atom is 0.490 e. The Labute approximate surface area is 201 Å². The van der Waals surface area contributed by atoms with E-state index in [4.69, 9.17) is 14.6 Å². The normalized spacial score (nSPS) is 22.3. The Kier molecular flexibility index (Phi) is 6.76. The van der Waals surface area contributed by atoms with Gasteiger partial charge >= 0.3 is 12.1 Å². The Balaban J connectivity index is 0.000000364. The molecule has 3 heterocycles. The zero-order chi connectivity index (χ0) is 25.5. The van der Waals surface area contributed by atoms with Crippen molar-refractivity contribution in [3.8, 4) is 16.9 Å². The molecule has 35 heavy (non-hydrogen) atoms. The minimum Gasteiger partial charge on any atom is -0.497 e. The fraction of sp³-hybridized carbons (Fsp3) is 0.458. The summed E-state index contributed by atoms with van der Waals surface area (Å²) in [6, 6.07) is 10.9. The lowest BCUT2D eigenvalue weighted by molar-refractivity contribution is -0.192. The van der Waals surface area contributed by atoms with Crippen LogP contribution in [-0.4, -0.2) is 64.2 Å². The van der Waals surface area contributed by atoms with Crippen LogP contribution in [0.3, 0.4) is 0 Å². The molecule has 0 aliphatic carbocycles. The number of nitrogens with zero attached hydrogens (tertiary/aromatic N) is 1. The Morgan fingerprint density at radius 1 is 1.23 bits per heavy atom. The van der Waals surface area contributed by atoms with Crippen molar-refractivity contribution in [3.05, 3.63) is 47.0 Å². The van der Waals surface area contributed by atoms with Crippen LogP contribution in [0.15, 0.2) is 30.3 Å². The minimum absolute atomic E-state index is 0.141. The van der Waals surface area contributed by atoms with Crippen molar-refractivity contribution < 1.29 is 36.2 Å². The summed E-state index contributed by atoms with van der Waals surface area (Å²) >= 11 is 0. The number of sulfone groups is 1. The SMILES string of the molecule is COc1ccc(-c2cc3c4c(c2)[C@@H]2CNCC[C@@H]2N4CCS(=O)(=O)C3)c(C)c1.O=C(O)C(F)(F)F. The predicted octanol–water partition coefficient (Wildman–Crippen LogP) is 3.50. The van der Waals surface area contributed by atoms with Crippen molar-refractivity contribution in [2.45, 2.75) is 37.2 Å². The van der Waals surface area contributed by atoms with Crippen molar-refractivity contribution in [1.29, 1.82) is 0 Å². The number of fused-ring (bicyclic) bond motifs is 3. The molecule has 2 aromatic carbocycles. The molecule has 3 aliphatic heterocycles. The molecule has 5 rings (SSSR count). The van der Waals surface area contributed by atoms with E-state index in [1.54, 1.807) is 7.11 Å². The average Bonchev–Trinajstić information content (AvgIpc) is 3.03. The highest BCUT2D eigenvalue weighted by molar-refractivity contribution is 7.90. The Hall–Kier alpha value is -2.79. The fourth-order valence-electron chi connectivity index (χ4n) is 5.23. The van der Waals surface area contributed by atoms with Gasteiger partial charge in [0.1, 0.15) is 5.75 Å². The van der Waals surface area contributed by atoms with E-state index in [1.807, 2.05) is 12.1 Å². The molecule has 0 aromatic heterocycles. The second kappa shape index (κ2) is 9.34. The lowest BCUT2D eigenvalue weighted by Crippen LogP contribution is -2.45. The van der Waals surface area contributed by atoms with Gasteiger partial charge in [0, 0.05) is 30.7 Å². The molecule has 0 unspecified atom stereocenters. The van der Waals surface area contributed by atoms with Crippen LogP contribution in [0.1, 0.15) is 29.0 Å². The summed E-state index contributed by atoms with van der Waals surface area (Å²) < 4.78 is 62.3. The van der Waals surface area contributed by atoms with Gasteiger partial charge in [-0.05, 0) is 72.0 Å². The summed E-state index contributed by atoms with van der Waals surface area (Å²) in [7, 11) is -1.41. The van der Waals surface area contributed by atoms with E-state index in [-0.39, 0.29) is 11.5 Å². The molecule has 2 N–H and O–H groups in total. The minimum atomic E-state index is -5.08. The molecule has 0 spiro atoms. The molecule has 190 valence electrons. The molecule has 7 nitrogen and oxygen atoms in total. The number of anilines is 1. The van der Waals surface area contributed by atoms with Crippen molar-refractivity contribution >= 4 is 21.5 Å². The lowest BCUT2D eigenvalue weighted by atomic mass is 9.87. The molecule has 2 aromatic rings. The van der Waals surface area contributed by atoms with E-state index in [9.17, 15) is 21.6 Å². The first-order chi connectivity index (χ1) is 16.4. The van der Waals surface area contributed by atoms with E-state index < -0.39 is 22.0 Å². The third-order valence-electron chi connectivity index (χ3n) is 6.76. The second-order valence-corrected chi connectivity index (χ2v) is 11.2. The molecule has 2 atom stereocenters. The standard InChI is InChI=1S/C22H26N2O3S.C2HF3O2/c1-14-9-17(27-2)3-4-18(14)15-10-16-13-28(25,26)8-7-24-21-5-6-23-12-20(21)19(11-15)22(16)24;3-2(4,5)1(6)7/h3-4,9-11,20-21,23H,5-8,12-13H2,1-2H3;(H,6,7)/t20-,21-;/m0./s1. The molecule has 0 bridgehead atoms. The van der Waals surface area contributed by atoms with Crippen molar-refractivity contribution in [1.82, 2.24) is 5.32 Å². The van der Waals surface area contributed by atoms with E-state index >= 15 is 0 Å². The number of benzene rings is 2. The van der Waals surface area contributed by atoms with Crippen LogP contribution in [0, 0.1) is 6.92 Å². The maximum atomic E-state index is 12.6. The van der Waals surface area contributed by atoms with Gasteiger partial charge in [0.15, 0.2) is 9.84 Å². The number of halogens is 3. The zero-order valence-electron chi connectivity index (χ0n) is 19.4. The van der Waals surface area contributed by atoms with Crippen LogP contribution in [0.5, 0.6) is 5.75 Å². The van der Waals surface area contributed by atoms with Gasteiger partial charge in [0.2, 0.25) is 0 Å². The first kappa shape index (κ1) is 25.3. The number of piperidine rings is 1. The number of aryl methyl sites for hydroxylation is 1. The Morgan fingerprint density at radius 3 is 2.57 bits per heavy atom. The highest BCUT2D eigenvalue weighted by Gasteiger charge is 2.43. The first-order valence-electron chi connectivity index (χ1n) is 11.2. The van der Waals surface area contributed by atoms with Gasteiger partial charge in [-0.25, -0.2) is 13.2 Å². The van der Waals surface area contributed by atoms with Crippen molar-refractivity contribution in [2.75, 3.05) is 37.4 Å². The highest BCUT2D eigenvalue weighted by Crippen LogP contribution is 2.48. The number of nitrogens with one attached hydrogen (secondary N) is 1. The number of carboxylic acids is 1. The molecule has 1 fully saturated rings. The fourth-order valence-corrected chi connectivity index (χ4v) is 6.54. The number of ether oxygens (including phenoxy) is 1. The van der Waals surface area contributed by atoms with Gasteiger partial charge in [0.25, 0.3) is 0 Å². The van der Waals surface area contributed by atoms with Crippen LogP contribution in [0.4, 0.5) is 18.9 Å². The smallest absolute Gasteiger partial charge is 0.490 e. The summed E-state index contributed by atoms with van der Waals surface area (Å²) in [5, 5.41) is 10.7. The molecular weight excluding hydrogens is 485 g/mol. The summed E-state index contributed by atoms with van der Waals surface area (Å²) in [6.45, 7) is 4.66. The zero-order valence-corrected chi connectivity index (χ0v) is 20.2. The average molecular weight is 513 g/mol. The molecule has 0 saturated carbocycles. The van der Waals surface area contributed by atoms with Crippen molar-refractivity contribution in [3.63, 3.8) is 0 Å². The molecular formula is C24H27F3N2O5S. The molecule has 0 radical (unpaired) electrons. The second-order valence-electron chi connectivity index (χ2n) is 9.01. The van der Waals surface area contributed by atoms with Gasteiger partial charge < -0.3 is 20.1 Å². The van der Waals surface area contributed by atoms with Gasteiger partial charge in [-0.2, -0.15) is 13.2 Å². The topological polar surface area (TPSA) is 95.9 Å². The number of aliphatic carboxylic acids is 1. The van der Waals surface area contributed by atoms with E-state index in [0.717, 1.165) is 47.5 Å². The molecule has 11 heteroatoms. The monoisotopic (exact) mass is 512 g/mol. The van der Waals surface area contributed by atoms with Gasteiger partial charge in [0.05, 0.1) is 18.6 Å². The summed E-state index contributed by atoms with van der Waals surface area (Å²) in [4.78, 5) is 11.3. The number of methoxy groups -OCH3 is 1. The maximum absolute atomic E-state index is 12.6. The third-order valence-corrected chi connectivity index (χ3v) is 8.31. The third kappa shape index (κ3) is 5.11. The van der Waals surface area contributed by atoms with Crippen LogP contribution in [-0.2, 0) is 20.4 Å². The number of hydrogen-bond donors (Lipinski definition) is 2. The largest absolute Gasteiger partial charge is 0.497 e. The predicted molar refractivity (Wildman–Crippen MR) is 126 cm³/mol. The van der Waals surface area contributed by atoms with Crippen molar-refractivity contribution in [2.24, 2.45) is 0 Å². The quantitative estimate of drug-likeness (QED) is 0.636. The molecule has 1 saturated heterocycles. The summed E-state index contributed by atoms with van der Waals surface area (Å²) in [5.41, 5.74) is 6.86. The van der Waals surface area contributed by atoms with Gasteiger partial charge in [-0.15, -0.1) is 0 Å². The highest BCUT2D eigenvalue weighted by atomic mass is 32.2. The number of carboxylic acid groups (broad SMARTS) is 1. The number of carbonyl (C=O) groups is 1. The number of hydrogen-bond acceptors (Lipinski definition) is 6. The first-order valence-corrected chi connectivity index (χ1v) is 13.0. The summed E-state index contributed by atoms with van der Waals surface area (Å²) in [5.74, 6) is -1.10. The number of alkyl halides is 3.